The van der Waals surface area contributed by atoms with Gasteiger partial charge in [0.1, 0.15) is 0 Å². The predicted molar refractivity (Wildman–Crippen MR) is 52.8 cm³/mol. The molecule has 0 unspecified atom stereocenters. The Balaban J connectivity index is -0.000000109. The molecule has 2 heteroatoms. The highest BCUT2D eigenvalue weighted by Gasteiger charge is 1.72. The molecule has 0 aromatic heterocycles. The first-order chi connectivity index (χ1) is 5.33. The average molecular weight is 161 g/mol. The molecule has 2 nitrogen and oxygen atoms in total. The summed E-state index contributed by atoms with van der Waals surface area (Å²) in [6.45, 7) is 11.1. The Labute approximate surface area is 71.4 Å². The van der Waals surface area contributed by atoms with Crippen molar-refractivity contribution in [3.63, 3.8) is 0 Å². The SMILES string of the molecule is C=CC.CCCOCC.CN. The average Bonchev–Trinajstić information content (AvgIpc) is 2.06. The summed E-state index contributed by atoms with van der Waals surface area (Å²) in [6, 6.07) is 0. The number of nitrogens with two attached hydrogens (primary N) is 1. The molecule has 0 saturated heterocycles. The molecular weight excluding hydrogens is 138 g/mol. The summed E-state index contributed by atoms with van der Waals surface area (Å²) < 4.78 is 4.98. The predicted octanol–water partition coefficient (Wildman–Crippen LogP) is 2.20. The van der Waals surface area contributed by atoms with Crippen LogP contribution in [-0.2, 0) is 4.74 Å². The molecule has 70 valence electrons. The third kappa shape index (κ3) is 80.1. The zero-order chi connectivity index (χ0) is 9.54. The van der Waals surface area contributed by atoms with Crippen LogP contribution >= 0.6 is 0 Å². The molecule has 0 aliphatic rings. The lowest BCUT2D eigenvalue weighted by Gasteiger charge is -1.91. The maximum atomic E-state index is 4.98. The molecule has 2 N–H and O–H groups in total. The molecule has 11 heavy (non-hydrogen) atoms. The zero-order valence-corrected chi connectivity index (χ0v) is 8.39. The minimum absolute atomic E-state index is 0.855. The second-order valence-corrected chi connectivity index (χ2v) is 1.61. The van der Waals surface area contributed by atoms with Crippen molar-refractivity contribution < 1.29 is 4.74 Å². The van der Waals surface area contributed by atoms with E-state index in [0.717, 1.165) is 19.6 Å². The van der Waals surface area contributed by atoms with E-state index in [4.69, 9.17) is 4.74 Å². The molecule has 0 atom stereocenters. The maximum absolute atomic E-state index is 4.98. The summed E-state index contributed by atoms with van der Waals surface area (Å²) >= 11 is 0. The molecule has 0 spiro atoms. The Kier molecular flexibility index (Phi) is 51.4. The summed E-state index contributed by atoms with van der Waals surface area (Å²) in [5.41, 5.74) is 4.50. The molecule has 0 saturated carbocycles. The van der Waals surface area contributed by atoms with Crippen LogP contribution in [0.1, 0.15) is 27.2 Å². The van der Waals surface area contributed by atoms with Crippen molar-refractivity contribution in [2.75, 3.05) is 20.3 Å². The fourth-order valence-corrected chi connectivity index (χ4v) is 0.289. The van der Waals surface area contributed by atoms with Gasteiger partial charge in [-0.1, -0.05) is 13.0 Å². The van der Waals surface area contributed by atoms with E-state index >= 15 is 0 Å². The van der Waals surface area contributed by atoms with Gasteiger partial charge in [0.2, 0.25) is 0 Å². The van der Waals surface area contributed by atoms with Gasteiger partial charge in [0.15, 0.2) is 0 Å². The normalized spacial score (nSPS) is 6.64. The van der Waals surface area contributed by atoms with Crippen LogP contribution in [0.25, 0.3) is 0 Å². The van der Waals surface area contributed by atoms with Crippen LogP contribution in [0.2, 0.25) is 0 Å². The molecule has 0 aliphatic carbocycles. The van der Waals surface area contributed by atoms with Crippen LogP contribution in [-0.4, -0.2) is 20.3 Å². The summed E-state index contributed by atoms with van der Waals surface area (Å²) in [4.78, 5) is 0. The largest absolute Gasteiger partial charge is 0.382 e. The molecule has 0 aliphatic heterocycles. The van der Waals surface area contributed by atoms with Gasteiger partial charge in [-0.05, 0) is 27.3 Å². The Morgan fingerprint density at radius 3 is 1.82 bits per heavy atom. The van der Waals surface area contributed by atoms with Crippen LogP contribution in [0.5, 0.6) is 0 Å². The molecule has 0 bridgehead atoms. The van der Waals surface area contributed by atoms with E-state index in [1.165, 1.54) is 7.05 Å². The van der Waals surface area contributed by atoms with Crippen LogP contribution < -0.4 is 5.73 Å². The molecule has 0 aromatic carbocycles. The number of rotatable bonds is 3. The van der Waals surface area contributed by atoms with Gasteiger partial charge in [-0.25, -0.2) is 0 Å². The summed E-state index contributed by atoms with van der Waals surface area (Å²) in [6.07, 6.45) is 2.88. The number of ether oxygens (including phenoxy) is 1. The van der Waals surface area contributed by atoms with Crippen molar-refractivity contribution in [3.05, 3.63) is 12.7 Å². The Bertz CT molecular complexity index is 42.8. The van der Waals surface area contributed by atoms with E-state index in [9.17, 15) is 0 Å². The van der Waals surface area contributed by atoms with Crippen molar-refractivity contribution >= 4 is 0 Å². The number of allylic oxidation sites excluding steroid dienone is 1. The molecule has 0 radical (unpaired) electrons. The van der Waals surface area contributed by atoms with Gasteiger partial charge in [-0.3, -0.25) is 0 Å². The van der Waals surface area contributed by atoms with E-state index in [-0.39, 0.29) is 0 Å². The third-order valence-electron chi connectivity index (χ3n) is 0.553. The smallest absolute Gasteiger partial charge is 0.0463 e. The van der Waals surface area contributed by atoms with Crippen molar-refractivity contribution in [3.8, 4) is 0 Å². The third-order valence-corrected chi connectivity index (χ3v) is 0.553. The lowest BCUT2D eigenvalue weighted by molar-refractivity contribution is 0.148. The second-order valence-electron chi connectivity index (χ2n) is 1.61. The first-order valence-electron chi connectivity index (χ1n) is 4.05. The second kappa shape index (κ2) is 33.4. The van der Waals surface area contributed by atoms with Crippen molar-refractivity contribution in [2.45, 2.75) is 27.2 Å². The van der Waals surface area contributed by atoms with E-state index in [2.05, 4.69) is 19.2 Å². The van der Waals surface area contributed by atoms with Gasteiger partial charge < -0.3 is 10.5 Å². The van der Waals surface area contributed by atoms with Gasteiger partial charge in [0, 0.05) is 13.2 Å². The van der Waals surface area contributed by atoms with E-state index < -0.39 is 0 Å². The highest BCUT2D eigenvalue weighted by molar-refractivity contribution is 4.51. The topological polar surface area (TPSA) is 35.2 Å². The Hall–Kier alpha value is -0.340. The van der Waals surface area contributed by atoms with E-state index in [1.54, 1.807) is 6.08 Å². The summed E-state index contributed by atoms with van der Waals surface area (Å²) in [5.74, 6) is 0. The van der Waals surface area contributed by atoms with Gasteiger partial charge in [-0.2, -0.15) is 0 Å². The molecule has 0 fully saturated rings. The molecule has 0 aromatic rings. The van der Waals surface area contributed by atoms with Crippen molar-refractivity contribution in [1.29, 1.82) is 0 Å². The molecular formula is C9H23NO. The van der Waals surface area contributed by atoms with Crippen molar-refractivity contribution in [2.24, 2.45) is 5.73 Å². The highest BCUT2D eigenvalue weighted by Crippen LogP contribution is 1.75. The maximum Gasteiger partial charge on any atom is 0.0463 e. The minimum atomic E-state index is 0.855. The standard InChI is InChI=1S/C5H12O.C3H6.CH5N/c1-3-5-6-4-2;1-3-2;1-2/h3-5H2,1-2H3;3H,1H2,2H3;2H2,1H3. The lowest BCUT2D eigenvalue weighted by Crippen LogP contribution is -1.88. The van der Waals surface area contributed by atoms with Crippen LogP contribution in [0, 0.1) is 0 Å². The van der Waals surface area contributed by atoms with Crippen LogP contribution in [0.15, 0.2) is 12.7 Å². The van der Waals surface area contributed by atoms with Gasteiger partial charge in [0.25, 0.3) is 0 Å². The molecule has 0 amide bonds. The van der Waals surface area contributed by atoms with E-state index in [1.807, 2.05) is 13.8 Å². The highest BCUT2D eigenvalue weighted by atomic mass is 16.5. The summed E-state index contributed by atoms with van der Waals surface area (Å²) in [5, 5.41) is 0. The van der Waals surface area contributed by atoms with Gasteiger partial charge >= 0.3 is 0 Å². The molecule has 0 rings (SSSR count). The number of hydrogen-bond donors (Lipinski definition) is 1. The number of hydrogen-bond acceptors (Lipinski definition) is 2. The van der Waals surface area contributed by atoms with E-state index in [0.29, 0.717) is 0 Å². The minimum Gasteiger partial charge on any atom is -0.382 e. The monoisotopic (exact) mass is 161 g/mol. The Morgan fingerprint density at radius 2 is 1.73 bits per heavy atom. The summed E-state index contributed by atoms with van der Waals surface area (Å²) in [7, 11) is 1.50. The zero-order valence-electron chi connectivity index (χ0n) is 8.39. The Morgan fingerprint density at radius 1 is 1.36 bits per heavy atom. The van der Waals surface area contributed by atoms with Crippen molar-refractivity contribution in [1.82, 2.24) is 0 Å². The fourth-order valence-electron chi connectivity index (χ4n) is 0.289. The van der Waals surface area contributed by atoms with Gasteiger partial charge in [-0.15, -0.1) is 6.58 Å². The first kappa shape index (κ1) is 17.0. The quantitative estimate of drug-likeness (QED) is 0.508. The van der Waals surface area contributed by atoms with Gasteiger partial charge in [0.05, 0.1) is 0 Å². The lowest BCUT2D eigenvalue weighted by atomic mass is 10.5. The van der Waals surface area contributed by atoms with Crippen LogP contribution in [0.3, 0.4) is 0 Å². The fraction of sp³-hybridized carbons (Fsp3) is 0.778. The van der Waals surface area contributed by atoms with Crippen LogP contribution in [0.4, 0.5) is 0 Å². The first-order valence-corrected chi connectivity index (χ1v) is 4.05. The molecule has 0 heterocycles.